The highest BCUT2D eigenvalue weighted by molar-refractivity contribution is 6.30. The molecule has 7 heteroatoms. The fourth-order valence-corrected chi connectivity index (χ4v) is 2.53. The predicted octanol–water partition coefficient (Wildman–Crippen LogP) is 0.944. The molecule has 19 heavy (non-hydrogen) atoms. The fourth-order valence-electron chi connectivity index (χ4n) is 2.18. The van der Waals surface area contributed by atoms with E-state index in [1.165, 1.54) is 6.33 Å². The van der Waals surface area contributed by atoms with Gasteiger partial charge in [-0.05, 0) is 5.92 Å². The van der Waals surface area contributed by atoms with Crippen LogP contribution in [0.25, 0.3) is 0 Å². The van der Waals surface area contributed by atoms with E-state index < -0.39 is 11.9 Å². The summed E-state index contributed by atoms with van der Waals surface area (Å²) in [5, 5.41) is 0.412. The molecule has 1 amide bonds. The maximum Gasteiger partial charge on any atom is 0.242 e. The van der Waals surface area contributed by atoms with Crippen LogP contribution in [0.2, 0.25) is 5.15 Å². The number of halogens is 1. The maximum absolute atomic E-state index is 11.5. The van der Waals surface area contributed by atoms with Gasteiger partial charge in [0.05, 0.1) is 13.2 Å². The molecule has 1 aliphatic rings. The monoisotopic (exact) mass is 284 g/mol. The SMILES string of the molecule is CC(C)c1c(Cl)ncnc1N1CCOCC1C(N)=O. The van der Waals surface area contributed by atoms with Crippen molar-refractivity contribution in [3.8, 4) is 0 Å². The summed E-state index contributed by atoms with van der Waals surface area (Å²) in [6.45, 7) is 5.37. The Morgan fingerprint density at radius 3 is 2.95 bits per heavy atom. The Bertz CT molecular complexity index is 481. The molecule has 1 aromatic rings. The van der Waals surface area contributed by atoms with E-state index in [1.54, 1.807) is 0 Å². The summed E-state index contributed by atoms with van der Waals surface area (Å²) in [4.78, 5) is 21.7. The first kappa shape index (κ1) is 14.0. The molecule has 2 N–H and O–H groups in total. The molecule has 6 nitrogen and oxygen atoms in total. The minimum absolute atomic E-state index is 0.153. The van der Waals surface area contributed by atoms with E-state index in [2.05, 4.69) is 9.97 Å². The van der Waals surface area contributed by atoms with Gasteiger partial charge in [0.1, 0.15) is 23.3 Å². The lowest BCUT2D eigenvalue weighted by atomic mass is 10.0. The number of hydrogen-bond donors (Lipinski definition) is 1. The van der Waals surface area contributed by atoms with Gasteiger partial charge in [-0.15, -0.1) is 0 Å². The van der Waals surface area contributed by atoms with E-state index in [1.807, 2.05) is 18.7 Å². The van der Waals surface area contributed by atoms with Gasteiger partial charge >= 0.3 is 0 Å². The van der Waals surface area contributed by atoms with Crippen molar-refractivity contribution in [2.45, 2.75) is 25.8 Å². The van der Waals surface area contributed by atoms with Crippen molar-refractivity contribution in [3.05, 3.63) is 17.0 Å². The van der Waals surface area contributed by atoms with Crippen molar-refractivity contribution in [2.24, 2.45) is 5.73 Å². The fraction of sp³-hybridized carbons (Fsp3) is 0.583. The van der Waals surface area contributed by atoms with Crippen LogP contribution in [0.4, 0.5) is 5.82 Å². The Balaban J connectivity index is 2.44. The number of carbonyl (C=O) groups is 1. The summed E-state index contributed by atoms with van der Waals surface area (Å²) in [6, 6.07) is -0.516. The van der Waals surface area contributed by atoms with Gasteiger partial charge in [-0.1, -0.05) is 25.4 Å². The third-order valence-electron chi connectivity index (χ3n) is 3.12. The number of aromatic nitrogens is 2. The Labute approximate surface area is 116 Å². The largest absolute Gasteiger partial charge is 0.377 e. The number of anilines is 1. The number of ether oxygens (including phenoxy) is 1. The molecule has 0 spiro atoms. The summed E-state index contributed by atoms with van der Waals surface area (Å²) < 4.78 is 5.31. The van der Waals surface area contributed by atoms with Gasteiger partial charge in [0.2, 0.25) is 5.91 Å². The summed E-state index contributed by atoms with van der Waals surface area (Å²) >= 11 is 6.15. The number of rotatable bonds is 3. The summed E-state index contributed by atoms with van der Waals surface area (Å²) in [6.07, 6.45) is 1.40. The molecule has 0 bridgehead atoms. The molecule has 1 aromatic heterocycles. The molecule has 2 rings (SSSR count). The van der Waals surface area contributed by atoms with Gasteiger partial charge in [-0.3, -0.25) is 4.79 Å². The third-order valence-corrected chi connectivity index (χ3v) is 3.42. The van der Waals surface area contributed by atoms with Crippen LogP contribution in [0, 0.1) is 0 Å². The van der Waals surface area contributed by atoms with Gasteiger partial charge in [-0.2, -0.15) is 0 Å². The third kappa shape index (κ3) is 2.79. The molecule has 2 heterocycles. The highest BCUT2D eigenvalue weighted by Gasteiger charge is 2.31. The standard InChI is InChI=1S/C12H17ClN4O2/c1-7(2)9-10(13)15-6-16-12(9)17-3-4-19-5-8(17)11(14)18/h6-8H,3-5H2,1-2H3,(H2,14,18). The van der Waals surface area contributed by atoms with Gasteiger partial charge in [0.25, 0.3) is 0 Å². The van der Waals surface area contributed by atoms with Crippen molar-refractivity contribution >= 4 is 23.3 Å². The summed E-state index contributed by atoms with van der Waals surface area (Å²) in [7, 11) is 0. The van der Waals surface area contributed by atoms with E-state index in [0.717, 1.165) is 5.56 Å². The molecule has 104 valence electrons. The zero-order valence-corrected chi connectivity index (χ0v) is 11.7. The topological polar surface area (TPSA) is 81.3 Å². The number of amides is 1. The molecule has 1 aliphatic heterocycles. The number of primary amides is 1. The van der Waals surface area contributed by atoms with Crippen LogP contribution in [-0.2, 0) is 9.53 Å². The number of carbonyl (C=O) groups excluding carboxylic acids is 1. The van der Waals surface area contributed by atoms with Crippen LogP contribution in [0.5, 0.6) is 0 Å². The molecule has 0 aliphatic carbocycles. The Hall–Kier alpha value is -1.40. The second-order valence-electron chi connectivity index (χ2n) is 4.74. The van der Waals surface area contributed by atoms with Gasteiger partial charge in [0, 0.05) is 12.1 Å². The number of nitrogens with zero attached hydrogens (tertiary/aromatic N) is 3. The number of morpholine rings is 1. The van der Waals surface area contributed by atoms with Crippen LogP contribution < -0.4 is 10.6 Å². The minimum Gasteiger partial charge on any atom is -0.377 e. The van der Waals surface area contributed by atoms with Crippen LogP contribution >= 0.6 is 11.6 Å². The van der Waals surface area contributed by atoms with Gasteiger partial charge in [0.15, 0.2) is 0 Å². The highest BCUT2D eigenvalue weighted by atomic mass is 35.5. The zero-order chi connectivity index (χ0) is 14.0. The summed E-state index contributed by atoms with van der Waals surface area (Å²) in [5.74, 6) is 0.395. The van der Waals surface area contributed by atoms with Crippen molar-refractivity contribution in [1.82, 2.24) is 9.97 Å². The second kappa shape index (κ2) is 5.71. The average Bonchev–Trinajstić information content (AvgIpc) is 2.37. The van der Waals surface area contributed by atoms with E-state index in [4.69, 9.17) is 22.1 Å². The summed E-state index contributed by atoms with van der Waals surface area (Å²) in [5.41, 5.74) is 6.25. The first-order valence-electron chi connectivity index (χ1n) is 6.16. The van der Waals surface area contributed by atoms with Crippen LogP contribution in [0.15, 0.2) is 6.33 Å². The van der Waals surface area contributed by atoms with E-state index >= 15 is 0 Å². The molecule has 1 fully saturated rings. The first-order chi connectivity index (χ1) is 9.02. The minimum atomic E-state index is -0.516. The normalized spacial score (nSPS) is 19.8. The van der Waals surface area contributed by atoms with Crippen LogP contribution in [-0.4, -0.2) is 41.7 Å². The Kier molecular flexibility index (Phi) is 4.21. The van der Waals surface area contributed by atoms with Gasteiger partial charge < -0.3 is 15.4 Å². The van der Waals surface area contributed by atoms with Crippen LogP contribution in [0.1, 0.15) is 25.3 Å². The quantitative estimate of drug-likeness (QED) is 0.836. The molecular weight excluding hydrogens is 268 g/mol. The molecule has 1 unspecified atom stereocenters. The predicted molar refractivity (Wildman–Crippen MR) is 72.3 cm³/mol. The molecule has 1 atom stereocenters. The lowest BCUT2D eigenvalue weighted by Gasteiger charge is -2.36. The van der Waals surface area contributed by atoms with Crippen molar-refractivity contribution in [3.63, 3.8) is 0 Å². The lowest BCUT2D eigenvalue weighted by Crippen LogP contribution is -2.53. The first-order valence-corrected chi connectivity index (χ1v) is 6.54. The highest BCUT2D eigenvalue weighted by Crippen LogP contribution is 2.32. The van der Waals surface area contributed by atoms with Crippen LogP contribution in [0.3, 0.4) is 0 Å². The maximum atomic E-state index is 11.5. The number of nitrogens with two attached hydrogens (primary N) is 1. The van der Waals surface area contributed by atoms with E-state index in [0.29, 0.717) is 24.1 Å². The molecule has 0 radical (unpaired) electrons. The molecule has 0 aromatic carbocycles. The van der Waals surface area contributed by atoms with E-state index in [-0.39, 0.29) is 12.5 Å². The smallest absolute Gasteiger partial charge is 0.242 e. The van der Waals surface area contributed by atoms with Crippen molar-refractivity contribution in [2.75, 3.05) is 24.7 Å². The Morgan fingerprint density at radius 1 is 1.58 bits per heavy atom. The van der Waals surface area contributed by atoms with Crippen molar-refractivity contribution < 1.29 is 9.53 Å². The average molecular weight is 285 g/mol. The second-order valence-corrected chi connectivity index (χ2v) is 5.10. The molecular formula is C12H17ClN4O2. The lowest BCUT2D eigenvalue weighted by molar-refractivity contribution is -0.121. The van der Waals surface area contributed by atoms with E-state index in [9.17, 15) is 4.79 Å². The van der Waals surface area contributed by atoms with Gasteiger partial charge in [-0.25, -0.2) is 9.97 Å². The molecule has 1 saturated heterocycles. The molecule has 0 saturated carbocycles. The zero-order valence-electron chi connectivity index (χ0n) is 11.0. The number of hydrogen-bond acceptors (Lipinski definition) is 5. The Morgan fingerprint density at radius 2 is 2.32 bits per heavy atom. The van der Waals surface area contributed by atoms with Crippen molar-refractivity contribution in [1.29, 1.82) is 0 Å².